The zero-order valence-electron chi connectivity index (χ0n) is 10.9. The topological polar surface area (TPSA) is 51.2 Å². The van der Waals surface area contributed by atoms with Gasteiger partial charge in [0.2, 0.25) is 0 Å². The van der Waals surface area contributed by atoms with E-state index in [1.807, 2.05) is 6.07 Å². The van der Waals surface area contributed by atoms with E-state index < -0.39 is 0 Å². The number of furan rings is 1. The van der Waals surface area contributed by atoms with Gasteiger partial charge in [0.05, 0.1) is 0 Å². The minimum absolute atomic E-state index is 0.0921. The lowest BCUT2D eigenvalue weighted by atomic mass is 10.1. The van der Waals surface area contributed by atoms with Crippen LogP contribution in [0, 0.1) is 13.8 Å². The molecule has 1 unspecified atom stereocenters. The average Bonchev–Trinajstić information content (AvgIpc) is 2.98. The molecule has 0 aliphatic carbocycles. The Morgan fingerprint density at radius 1 is 1.21 bits per heavy atom. The SMILES string of the molecule is Cc1ccc(C(NN)c2cc3cccc(C)c3o2)s1. The van der Waals surface area contributed by atoms with Gasteiger partial charge in [-0.3, -0.25) is 5.84 Å². The van der Waals surface area contributed by atoms with Crippen LogP contribution in [0.25, 0.3) is 11.0 Å². The first-order valence-electron chi connectivity index (χ1n) is 6.20. The van der Waals surface area contributed by atoms with Crippen molar-refractivity contribution >= 4 is 22.3 Å². The molecule has 0 fully saturated rings. The molecule has 2 heterocycles. The Kier molecular flexibility index (Phi) is 3.14. The average molecular weight is 272 g/mol. The molecule has 0 amide bonds. The van der Waals surface area contributed by atoms with Gasteiger partial charge in [-0.1, -0.05) is 18.2 Å². The molecule has 3 aromatic rings. The third-order valence-electron chi connectivity index (χ3n) is 3.26. The summed E-state index contributed by atoms with van der Waals surface area (Å²) in [6.45, 7) is 4.14. The molecule has 0 saturated carbocycles. The van der Waals surface area contributed by atoms with Gasteiger partial charge >= 0.3 is 0 Å². The van der Waals surface area contributed by atoms with Crippen LogP contribution in [0.2, 0.25) is 0 Å². The summed E-state index contributed by atoms with van der Waals surface area (Å²) in [5.41, 5.74) is 4.92. The Hall–Kier alpha value is -1.62. The van der Waals surface area contributed by atoms with Gasteiger partial charge in [0.25, 0.3) is 0 Å². The van der Waals surface area contributed by atoms with Gasteiger partial charge < -0.3 is 4.42 Å². The monoisotopic (exact) mass is 272 g/mol. The number of nitrogens with one attached hydrogen (secondary N) is 1. The number of nitrogens with two attached hydrogens (primary N) is 1. The number of para-hydroxylation sites is 1. The van der Waals surface area contributed by atoms with E-state index in [9.17, 15) is 0 Å². The van der Waals surface area contributed by atoms with Crippen LogP contribution in [0.4, 0.5) is 0 Å². The Morgan fingerprint density at radius 3 is 2.68 bits per heavy atom. The molecule has 0 aliphatic heterocycles. The smallest absolute Gasteiger partial charge is 0.137 e. The van der Waals surface area contributed by atoms with Crippen LogP contribution in [0.15, 0.2) is 40.8 Å². The molecule has 4 heteroatoms. The van der Waals surface area contributed by atoms with Gasteiger partial charge in [0.1, 0.15) is 17.4 Å². The van der Waals surface area contributed by atoms with Crippen LogP contribution in [0.5, 0.6) is 0 Å². The standard InChI is InChI=1S/C15H16N2OS/c1-9-4-3-5-11-8-12(18-15(9)11)14(17-16)13-7-6-10(2)19-13/h3-8,14,17H,16H2,1-2H3. The summed E-state index contributed by atoms with van der Waals surface area (Å²) in [5, 5.41) is 1.11. The predicted molar refractivity (Wildman–Crippen MR) is 79.2 cm³/mol. The van der Waals surface area contributed by atoms with Crippen LogP contribution < -0.4 is 11.3 Å². The van der Waals surface area contributed by atoms with Crippen LogP contribution in [0.1, 0.15) is 27.1 Å². The quantitative estimate of drug-likeness (QED) is 0.565. The maximum atomic E-state index is 5.98. The number of fused-ring (bicyclic) bond motifs is 1. The fraction of sp³-hybridized carbons (Fsp3) is 0.200. The van der Waals surface area contributed by atoms with Crippen molar-refractivity contribution in [2.75, 3.05) is 0 Å². The molecule has 19 heavy (non-hydrogen) atoms. The van der Waals surface area contributed by atoms with Gasteiger partial charge in [0.15, 0.2) is 0 Å². The van der Waals surface area contributed by atoms with Gasteiger partial charge in [-0.2, -0.15) is 0 Å². The summed E-state index contributed by atoms with van der Waals surface area (Å²) < 4.78 is 5.98. The summed E-state index contributed by atoms with van der Waals surface area (Å²) in [7, 11) is 0. The second kappa shape index (κ2) is 4.81. The van der Waals surface area contributed by atoms with Gasteiger partial charge in [-0.15, -0.1) is 11.3 Å². The third kappa shape index (κ3) is 2.18. The Balaban J connectivity index is 2.09. The molecule has 98 valence electrons. The number of hydrogen-bond donors (Lipinski definition) is 2. The molecule has 2 aromatic heterocycles. The van der Waals surface area contributed by atoms with E-state index in [-0.39, 0.29) is 6.04 Å². The summed E-state index contributed by atoms with van der Waals surface area (Å²) in [6, 6.07) is 12.3. The number of benzene rings is 1. The van der Waals surface area contributed by atoms with E-state index in [1.54, 1.807) is 11.3 Å². The Bertz CT molecular complexity index is 714. The second-order valence-corrected chi connectivity index (χ2v) is 6.01. The molecule has 0 aliphatic rings. The van der Waals surface area contributed by atoms with Crippen molar-refractivity contribution in [3.8, 4) is 0 Å². The number of rotatable bonds is 3. The minimum atomic E-state index is -0.0921. The van der Waals surface area contributed by atoms with Crippen molar-refractivity contribution in [2.45, 2.75) is 19.9 Å². The molecular formula is C15H16N2OS. The molecule has 0 radical (unpaired) electrons. The van der Waals surface area contributed by atoms with Crippen molar-refractivity contribution in [1.29, 1.82) is 0 Å². The lowest BCUT2D eigenvalue weighted by Gasteiger charge is -2.10. The van der Waals surface area contributed by atoms with Crippen molar-refractivity contribution in [2.24, 2.45) is 5.84 Å². The van der Waals surface area contributed by atoms with Gasteiger partial charge in [-0.25, -0.2) is 5.43 Å². The van der Waals surface area contributed by atoms with Crippen molar-refractivity contribution in [1.82, 2.24) is 5.43 Å². The third-order valence-corrected chi connectivity index (χ3v) is 4.32. The minimum Gasteiger partial charge on any atom is -0.459 e. The number of aryl methyl sites for hydroxylation is 2. The fourth-order valence-corrected chi connectivity index (χ4v) is 3.23. The van der Waals surface area contributed by atoms with Crippen LogP contribution >= 0.6 is 11.3 Å². The zero-order chi connectivity index (χ0) is 13.4. The molecule has 1 atom stereocenters. The van der Waals surface area contributed by atoms with E-state index in [0.717, 1.165) is 27.2 Å². The predicted octanol–water partition coefficient (Wildman–Crippen LogP) is 3.66. The van der Waals surface area contributed by atoms with Crippen molar-refractivity contribution in [3.63, 3.8) is 0 Å². The Labute approximate surface area is 116 Å². The zero-order valence-corrected chi connectivity index (χ0v) is 11.8. The highest BCUT2D eigenvalue weighted by Gasteiger charge is 2.19. The van der Waals surface area contributed by atoms with Gasteiger partial charge in [-0.05, 0) is 37.6 Å². The number of hydrazine groups is 1. The molecule has 3 nitrogen and oxygen atoms in total. The molecule has 0 spiro atoms. The van der Waals surface area contributed by atoms with E-state index in [1.165, 1.54) is 4.88 Å². The number of hydrogen-bond acceptors (Lipinski definition) is 4. The summed E-state index contributed by atoms with van der Waals surface area (Å²) >= 11 is 1.73. The second-order valence-electron chi connectivity index (χ2n) is 4.69. The first-order valence-corrected chi connectivity index (χ1v) is 7.02. The molecule has 0 saturated heterocycles. The lowest BCUT2D eigenvalue weighted by molar-refractivity contribution is 0.480. The molecule has 0 bridgehead atoms. The normalized spacial score (nSPS) is 13.0. The largest absolute Gasteiger partial charge is 0.459 e. The summed E-state index contributed by atoms with van der Waals surface area (Å²) in [5.74, 6) is 6.56. The maximum absolute atomic E-state index is 5.98. The first kappa shape index (κ1) is 12.4. The van der Waals surface area contributed by atoms with Crippen molar-refractivity contribution < 1.29 is 4.42 Å². The van der Waals surface area contributed by atoms with Gasteiger partial charge in [0, 0.05) is 15.1 Å². The highest BCUT2D eigenvalue weighted by Crippen LogP contribution is 2.32. The van der Waals surface area contributed by atoms with E-state index >= 15 is 0 Å². The van der Waals surface area contributed by atoms with Crippen LogP contribution in [-0.2, 0) is 0 Å². The van der Waals surface area contributed by atoms with Crippen molar-refractivity contribution in [3.05, 3.63) is 57.5 Å². The fourth-order valence-electron chi connectivity index (χ4n) is 2.28. The maximum Gasteiger partial charge on any atom is 0.137 e. The summed E-state index contributed by atoms with van der Waals surface area (Å²) in [4.78, 5) is 2.43. The van der Waals surface area contributed by atoms with Crippen LogP contribution in [-0.4, -0.2) is 0 Å². The lowest BCUT2D eigenvalue weighted by Crippen LogP contribution is -2.27. The molecular weight excluding hydrogens is 256 g/mol. The highest BCUT2D eigenvalue weighted by molar-refractivity contribution is 7.12. The molecule has 1 aromatic carbocycles. The summed E-state index contributed by atoms with van der Waals surface area (Å²) in [6.07, 6.45) is 0. The van der Waals surface area contributed by atoms with E-state index in [0.29, 0.717) is 0 Å². The highest BCUT2D eigenvalue weighted by atomic mass is 32.1. The van der Waals surface area contributed by atoms with Crippen LogP contribution in [0.3, 0.4) is 0 Å². The first-order chi connectivity index (χ1) is 9.19. The molecule has 3 rings (SSSR count). The van der Waals surface area contributed by atoms with E-state index in [4.69, 9.17) is 10.3 Å². The van der Waals surface area contributed by atoms with E-state index in [2.05, 4.69) is 49.6 Å². The molecule has 3 N–H and O–H groups in total. The number of thiophene rings is 1. The Morgan fingerprint density at radius 2 is 2.05 bits per heavy atom.